The molecule has 6 heteroatoms. The summed E-state index contributed by atoms with van der Waals surface area (Å²) < 4.78 is 0. The van der Waals surface area contributed by atoms with Gasteiger partial charge in [0.25, 0.3) is 0 Å². The minimum absolute atomic E-state index is 0.00930. The maximum atomic E-state index is 12.0. The van der Waals surface area contributed by atoms with Crippen LogP contribution in [0.25, 0.3) is 0 Å². The zero-order valence-electron chi connectivity index (χ0n) is 12.4. The molecular weight excluding hydrogens is 280 g/mol. The second-order valence-electron chi connectivity index (χ2n) is 5.69. The van der Waals surface area contributed by atoms with Crippen LogP contribution < -0.4 is 15.5 Å². The monoisotopic (exact) mass is 300 g/mol. The first-order chi connectivity index (χ1) is 10.7. The third-order valence-corrected chi connectivity index (χ3v) is 3.95. The molecular formula is C16H20N4O2. The van der Waals surface area contributed by atoms with E-state index in [2.05, 4.69) is 27.8 Å². The minimum Gasteiger partial charge on any atom is -0.353 e. The maximum Gasteiger partial charge on any atom is 0.239 e. The molecule has 0 spiro atoms. The Morgan fingerprint density at radius 2 is 2.36 bits per heavy atom. The molecule has 3 rings (SSSR count). The number of nitrogens with zero attached hydrogens (tertiary/aromatic N) is 2. The predicted octanol–water partition coefficient (Wildman–Crippen LogP) is 1.31. The van der Waals surface area contributed by atoms with E-state index in [4.69, 9.17) is 0 Å². The van der Waals surface area contributed by atoms with Crippen LogP contribution in [0.4, 0.5) is 11.5 Å². The van der Waals surface area contributed by atoms with Crippen molar-refractivity contribution in [1.82, 2.24) is 10.3 Å². The van der Waals surface area contributed by atoms with Crippen molar-refractivity contribution in [3.8, 4) is 0 Å². The SMILES string of the molecule is O=C1CN(c2ccc(NC(=O)C[C@H]3C=CCC3)cn2)CCN1. The van der Waals surface area contributed by atoms with Crippen molar-refractivity contribution in [2.45, 2.75) is 19.3 Å². The maximum absolute atomic E-state index is 12.0. The van der Waals surface area contributed by atoms with E-state index in [9.17, 15) is 9.59 Å². The van der Waals surface area contributed by atoms with Crippen LogP contribution in [0.5, 0.6) is 0 Å². The van der Waals surface area contributed by atoms with Gasteiger partial charge in [-0.3, -0.25) is 9.59 Å². The fourth-order valence-electron chi connectivity index (χ4n) is 2.80. The highest BCUT2D eigenvalue weighted by atomic mass is 16.2. The summed E-state index contributed by atoms with van der Waals surface area (Å²) in [6, 6.07) is 3.67. The predicted molar refractivity (Wildman–Crippen MR) is 84.6 cm³/mol. The van der Waals surface area contributed by atoms with E-state index < -0.39 is 0 Å². The Labute approximate surface area is 129 Å². The summed E-state index contributed by atoms with van der Waals surface area (Å²) in [7, 11) is 0. The Bertz CT molecular complexity index is 582. The van der Waals surface area contributed by atoms with Gasteiger partial charge < -0.3 is 15.5 Å². The average Bonchev–Trinajstić information content (AvgIpc) is 3.01. The van der Waals surface area contributed by atoms with Gasteiger partial charge in [-0.15, -0.1) is 0 Å². The molecule has 1 fully saturated rings. The van der Waals surface area contributed by atoms with Gasteiger partial charge in [-0.25, -0.2) is 4.98 Å². The molecule has 0 bridgehead atoms. The molecule has 1 aliphatic carbocycles. The topological polar surface area (TPSA) is 74.3 Å². The number of piperazine rings is 1. The first kappa shape index (κ1) is 14.6. The van der Waals surface area contributed by atoms with E-state index in [0.717, 1.165) is 25.2 Å². The molecule has 2 amide bonds. The van der Waals surface area contributed by atoms with Gasteiger partial charge in [0.05, 0.1) is 18.4 Å². The van der Waals surface area contributed by atoms with Gasteiger partial charge in [0.2, 0.25) is 11.8 Å². The van der Waals surface area contributed by atoms with Gasteiger partial charge in [0.1, 0.15) is 5.82 Å². The van der Waals surface area contributed by atoms with Gasteiger partial charge >= 0.3 is 0 Å². The largest absolute Gasteiger partial charge is 0.353 e. The van der Waals surface area contributed by atoms with Crippen molar-refractivity contribution < 1.29 is 9.59 Å². The molecule has 22 heavy (non-hydrogen) atoms. The molecule has 0 aromatic carbocycles. The fraction of sp³-hybridized carbons (Fsp3) is 0.438. The molecule has 1 aromatic heterocycles. The highest BCUT2D eigenvalue weighted by Gasteiger charge is 2.18. The van der Waals surface area contributed by atoms with Gasteiger partial charge in [-0.2, -0.15) is 0 Å². The molecule has 0 unspecified atom stereocenters. The summed E-state index contributed by atoms with van der Waals surface area (Å²) in [6.07, 6.45) is 8.53. The minimum atomic E-state index is 0.00930. The van der Waals surface area contributed by atoms with Crippen molar-refractivity contribution in [3.63, 3.8) is 0 Å². The fourth-order valence-corrected chi connectivity index (χ4v) is 2.80. The van der Waals surface area contributed by atoms with Crippen LogP contribution in [0, 0.1) is 5.92 Å². The Morgan fingerprint density at radius 3 is 3.05 bits per heavy atom. The molecule has 116 valence electrons. The third kappa shape index (κ3) is 3.63. The summed E-state index contributed by atoms with van der Waals surface area (Å²) in [4.78, 5) is 29.6. The number of hydrogen-bond donors (Lipinski definition) is 2. The normalized spacial score (nSPS) is 20.8. The van der Waals surface area contributed by atoms with Crippen molar-refractivity contribution in [2.75, 3.05) is 29.9 Å². The van der Waals surface area contributed by atoms with E-state index in [-0.39, 0.29) is 11.8 Å². The molecule has 0 radical (unpaired) electrons. The van der Waals surface area contributed by atoms with E-state index in [1.807, 2.05) is 17.0 Å². The molecule has 2 heterocycles. The first-order valence-electron chi connectivity index (χ1n) is 7.65. The summed E-state index contributed by atoms with van der Waals surface area (Å²) in [5.74, 6) is 1.14. The number of carbonyl (C=O) groups excluding carboxylic acids is 2. The number of amides is 2. The number of aromatic nitrogens is 1. The highest BCUT2D eigenvalue weighted by molar-refractivity contribution is 5.91. The van der Waals surface area contributed by atoms with E-state index in [1.165, 1.54) is 0 Å². The summed E-state index contributed by atoms with van der Waals surface area (Å²) in [6.45, 7) is 1.71. The van der Waals surface area contributed by atoms with E-state index in [1.54, 1.807) is 6.20 Å². The number of pyridine rings is 1. The van der Waals surface area contributed by atoms with Crippen LogP contribution in [0.3, 0.4) is 0 Å². The summed E-state index contributed by atoms with van der Waals surface area (Å²) in [5, 5.41) is 5.66. The Balaban J connectivity index is 1.55. The van der Waals surface area contributed by atoms with Crippen LogP contribution >= 0.6 is 0 Å². The zero-order valence-corrected chi connectivity index (χ0v) is 12.4. The number of anilines is 2. The lowest BCUT2D eigenvalue weighted by atomic mass is 10.1. The van der Waals surface area contributed by atoms with E-state index in [0.29, 0.717) is 31.1 Å². The highest BCUT2D eigenvalue weighted by Crippen LogP contribution is 2.21. The average molecular weight is 300 g/mol. The second-order valence-corrected chi connectivity index (χ2v) is 5.69. The number of rotatable bonds is 4. The van der Waals surface area contributed by atoms with Crippen LogP contribution in [0.15, 0.2) is 30.5 Å². The third-order valence-electron chi connectivity index (χ3n) is 3.95. The Hall–Kier alpha value is -2.37. The van der Waals surface area contributed by atoms with Crippen LogP contribution in [0.1, 0.15) is 19.3 Å². The number of nitrogens with one attached hydrogen (secondary N) is 2. The van der Waals surface area contributed by atoms with Crippen LogP contribution in [-0.4, -0.2) is 36.4 Å². The molecule has 1 atom stereocenters. The molecule has 1 saturated heterocycles. The molecule has 0 saturated carbocycles. The lowest BCUT2D eigenvalue weighted by molar-refractivity contribution is -0.120. The van der Waals surface area contributed by atoms with Gasteiger partial charge in [-0.05, 0) is 30.9 Å². The van der Waals surface area contributed by atoms with Crippen molar-refractivity contribution >= 4 is 23.3 Å². The van der Waals surface area contributed by atoms with E-state index >= 15 is 0 Å². The Morgan fingerprint density at radius 1 is 1.45 bits per heavy atom. The van der Waals surface area contributed by atoms with Crippen LogP contribution in [-0.2, 0) is 9.59 Å². The second kappa shape index (κ2) is 6.60. The first-order valence-corrected chi connectivity index (χ1v) is 7.65. The molecule has 2 aliphatic rings. The smallest absolute Gasteiger partial charge is 0.239 e. The van der Waals surface area contributed by atoms with Crippen LogP contribution in [0.2, 0.25) is 0 Å². The quantitative estimate of drug-likeness (QED) is 0.822. The Kier molecular flexibility index (Phi) is 4.37. The van der Waals surface area contributed by atoms with Gasteiger partial charge in [0.15, 0.2) is 0 Å². The standard InChI is InChI=1S/C16H20N4O2/c21-15(9-12-3-1-2-4-12)19-13-5-6-14(18-10-13)20-8-7-17-16(22)11-20/h1,3,5-6,10,12H,2,4,7-9,11H2,(H,17,22)(H,19,21)/t12-/m0/s1. The molecule has 2 N–H and O–H groups in total. The number of allylic oxidation sites excluding steroid dienone is 2. The lowest BCUT2D eigenvalue weighted by Gasteiger charge is -2.27. The van der Waals surface area contributed by atoms with Gasteiger partial charge in [-0.1, -0.05) is 12.2 Å². The molecule has 1 aromatic rings. The zero-order chi connectivity index (χ0) is 15.4. The lowest BCUT2D eigenvalue weighted by Crippen LogP contribution is -2.48. The van der Waals surface area contributed by atoms with Gasteiger partial charge in [0, 0.05) is 19.5 Å². The summed E-state index contributed by atoms with van der Waals surface area (Å²) in [5.41, 5.74) is 0.692. The number of carbonyl (C=O) groups is 2. The van der Waals surface area contributed by atoms with Crippen molar-refractivity contribution in [1.29, 1.82) is 0 Å². The molecule has 1 aliphatic heterocycles. The van der Waals surface area contributed by atoms with Crippen molar-refractivity contribution in [2.24, 2.45) is 5.92 Å². The number of hydrogen-bond acceptors (Lipinski definition) is 4. The van der Waals surface area contributed by atoms with Crippen molar-refractivity contribution in [3.05, 3.63) is 30.5 Å². The summed E-state index contributed by atoms with van der Waals surface area (Å²) >= 11 is 0. The molecule has 6 nitrogen and oxygen atoms in total.